The Bertz CT molecular complexity index is 1070. The molecule has 1 aromatic carbocycles. The van der Waals surface area contributed by atoms with E-state index in [2.05, 4.69) is 15.3 Å². The van der Waals surface area contributed by atoms with Gasteiger partial charge in [0.2, 0.25) is 15.9 Å². The van der Waals surface area contributed by atoms with Crippen molar-refractivity contribution in [2.75, 3.05) is 18.9 Å². The predicted molar refractivity (Wildman–Crippen MR) is 109 cm³/mol. The zero-order chi connectivity index (χ0) is 20.9. The summed E-state index contributed by atoms with van der Waals surface area (Å²) >= 11 is 1.31. The summed E-state index contributed by atoms with van der Waals surface area (Å²) in [5.74, 6) is -0.748. The Kier molecular flexibility index (Phi) is 6.68. The van der Waals surface area contributed by atoms with Crippen LogP contribution in [-0.4, -0.2) is 42.2 Å². The molecule has 0 unspecified atom stereocenters. The van der Waals surface area contributed by atoms with Gasteiger partial charge in [-0.3, -0.25) is 9.78 Å². The first-order chi connectivity index (χ1) is 13.9. The second-order valence-electron chi connectivity index (χ2n) is 6.21. The van der Waals surface area contributed by atoms with Gasteiger partial charge < -0.3 is 5.32 Å². The van der Waals surface area contributed by atoms with E-state index in [9.17, 15) is 17.6 Å². The average molecular weight is 435 g/mol. The average Bonchev–Trinajstić information content (AvgIpc) is 3.17. The molecule has 0 aliphatic heterocycles. The van der Waals surface area contributed by atoms with Gasteiger partial charge >= 0.3 is 0 Å². The molecule has 0 spiro atoms. The minimum atomic E-state index is -3.72. The first kappa shape index (κ1) is 21.0. The third-order valence-corrected chi connectivity index (χ3v) is 6.74. The highest BCUT2D eigenvalue weighted by atomic mass is 32.2. The molecule has 10 heteroatoms. The van der Waals surface area contributed by atoms with Gasteiger partial charge in [-0.1, -0.05) is 0 Å². The first-order valence-electron chi connectivity index (χ1n) is 8.74. The Morgan fingerprint density at radius 2 is 2.00 bits per heavy atom. The molecule has 3 aromatic rings. The van der Waals surface area contributed by atoms with Crippen molar-refractivity contribution in [3.05, 3.63) is 60.0 Å². The Labute approximate surface area is 172 Å². The molecule has 0 fully saturated rings. The number of thiazole rings is 1. The highest BCUT2D eigenvalue weighted by Gasteiger charge is 2.20. The van der Waals surface area contributed by atoms with E-state index in [1.807, 2.05) is 17.5 Å². The maximum atomic E-state index is 13.0. The minimum absolute atomic E-state index is 0.0107. The number of sulfonamides is 1. The zero-order valence-corrected chi connectivity index (χ0v) is 17.2. The van der Waals surface area contributed by atoms with E-state index in [0.29, 0.717) is 11.6 Å². The molecule has 0 aliphatic rings. The lowest BCUT2D eigenvalue weighted by Gasteiger charge is -2.16. The predicted octanol–water partition coefficient (Wildman–Crippen LogP) is 3.38. The molecule has 2 aromatic heterocycles. The summed E-state index contributed by atoms with van der Waals surface area (Å²) in [6.45, 7) is 0.159. The van der Waals surface area contributed by atoms with Gasteiger partial charge in [-0.15, -0.1) is 11.3 Å². The van der Waals surface area contributed by atoms with Gasteiger partial charge in [0, 0.05) is 43.4 Å². The van der Waals surface area contributed by atoms with Gasteiger partial charge in [-0.05, 0) is 42.8 Å². The molecule has 7 nitrogen and oxygen atoms in total. The van der Waals surface area contributed by atoms with Crippen LogP contribution in [0.4, 0.5) is 9.52 Å². The molecule has 29 heavy (non-hydrogen) atoms. The number of nitrogens with zero attached hydrogens (tertiary/aromatic N) is 3. The molecule has 152 valence electrons. The molecule has 0 atom stereocenters. The van der Waals surface area contributed by atoms with Gasteiger partial charge in [0.1, 0.15) is 5.82 Å². The molecule has 0 radical (unpaired) electrons. The van der Waals surface area contributed by atoms with E-state index in [1.165, 1.54) is 30.5 Å². The summed E-state index contributed by atoms with van der Waals surface area (Å²) in [5.41, 5.74) is 1.58. The summed E-state index contributed by atoms with van der Waals surface area (Å²) in [5, 5.41) is 5.02. The SMILES string of the molecule is CN(CCCC(=O)Nc1nc(-c2cccnc2)cs1)S(=O)(=O)c1ccc(F)cc1. The smallest absolute Gasteiger partial charge is 0.242 e. The maximum Gasteiger partial charge on any atom is 0.242 e. The number of halogens is 1. The normalized spacial score (nSPS) is 11.6. The summed E-state index contributed by atoms with van der Waals surface area (Å²) in [6, 6.07) is 8.32. The van der Waals surface area contributed by atoms with Gasteiger partial charge in [-0.25, -0.2) is 22.1 Å². The van der Waals surface area contributed by atoms with Crippen molar-refractivity contribution in [3.8, 4) is 11.3 Å². The Morgan fingerprint density at radius 1 is 1.24 bits per heavy atom. The number of amides is 1. The van der Waals surface area contributed by atoms with Crippen molar-refractivity contribution in [3.63, 3.8) is 0 Å². The Hall–Kier alpha value is -2.69. The number of rotatable bonds is 8. The number of pyridine rings is 1. The maximum absolute atomic E-state index is 13.0. The summed E-state index contributed by atoms with van der Waals surface area (Å²) < 4.78 is 39.0. The molecule has 0 bridgehead atoms. The van der Waals surface area contributed by atoms with Crippen LogP contribution in [0.3, 0.4) is 0 Å². The molecule has 0 aliphatic carbocycles. The van der Waals surface area contributed by atoms with E-state index in [1.54, 1.807) is 12.4 Å². The lowest BCUT2D eigenvalue weighted by atomic mass is 10.2. The third kappa shape index (κ3) is 5.43. The van der Waals surface area contributed by atoms with Crippen LogP contribution in [-0.2, 0) is 14.8 Å². The first-order valence-corrected chi connectivity index (χ1v) is 11.1. The lowest BCUT2D eigenvalue weighted by Crippen LogP contribution is -2.28. The van der Waals surface area contributed by atoms with Crippen molar-refractivity contribution in [1.82, 2.24) is 14.3 Å². The summed E-state index contributed by atoms with van der Waals surface area (Å²) in [4.78, 5) is 20.5. The number of hydrogen-bond acceptors (Lipinski definition) is 6. The quantitative estimate of drug-likeness (QED) is 0.587. The third-order valence-electron chi connectivity index (χ3n) is 4.11. The molecule has 0 saturated carbocycles. The highest BCUT2D eigenvalue weighted by molar-refractivity contribution is 7.89. The van der Waals surface area contributed by atoms with Crippen LogP contribution in [0.2, 0.25) is 0 Å². The Balaban J connectivity index is 1.50. The zero-order valence-electron chi connectivity index (χ0n) is 15.6. The van der Waals surface area contributed by atoms with Crippen molar-refractivity contribution in [2.45, 2.75) is 17.7 Å². The summed E-state index contributed by atoms with van der Waals surface area (Å²) in [7, 11) is -2.29. The molecule has 1 N–H and O–H groups in total. The van der Waals surface area contributed by atoms with E-state index >= 15 is 0 Å². The second kappa shape index (κ2) is 9.21. The molecule has 2 heterocycles. The van der Waals surface area contributed by atoms with Crippen LogP contribution in [0.1, 0.15) is 12.8 Å². The van der Waals surface area contributed by atoms with Crippen LogP contribution in [0, 0.1) is 5.82 Å². The van der Waals surface area contributed by atoms with Crippen molar-refractivity contribution in [1.29, 1.82) is 0 Å². The van der Waals surface area contributed by atoms with Gasteiger partial charge in [0.05, 0.1) is 10.6 Å². The van der Waals surface area contributed by atoms with E-state index in [0.717, 1.165) is 27.7 Å². The van der Waals surface area contributed by atoms with Crippen LogP contribution in [0.5, 0.6) is 0 Å². The molecular weight excluding hydrogens is 415 g/mol. The molecule has 0 saturated heterocycles. The van der Waals surface area contributed by atoms with Crippen LogP contribution < -0.4 is 5.32 Å². The standard InChI is InChI=1S/C19H19FN4O3S2/c1-24(29(26,27)16-8-6-15(20)7-9-16)11-3-5-18(25)23-19-22-17(13-28-19)14-4-2-10-21-12-14/h2,4,6-10,12-13H,3,5,11H2,1H3,(H,22,23,25). The van der Waals surface area contributed by atoms with Crippen molar-refractivity contribution < 1.29 is 17.6 Å². The monoisotopic (exact) mass is 434 g/mol. The fraction of sp³-hybridized carbons (Fsp3) is 0.211. The van der Waals surface area contributed by atoms with Crippen molar-refractivity contribution in [2.24, 2.45) is 0 Å². The van der Waals surface area contributed by atoms with E-state index in [-0.39, 0.29) is 23.8 Å². The number of nitrogens with one attached hydrogen (secondary N) is 1. The fourth-order valence-electron chi connectivity index (χ4n) is 2.53. The van der Waals surface area contributed by atoms with E-state index < -0.39 is 15.8 Å². The number of carbonyl (C=O) groups is 1. The van der Waals surface area contributed by atoms with Crippen LogP contribution in [0.15, 0.2) is 59.1 Å². The molecule has 3 rings (SSSR count). The molecular formula is C19H19FN4O3S2. The Morgan fingerprint density at radius 3 is 2.69 bits per heavy atom. The topological polar surface area (TPSA) is 92.3 Å². The fourth-order valence-corrected chi connectivity index (χ4v) is 4.47. The highest BCUT2D eigenvalue weighted by Crippen LogP contribution is 2.24. The number of anilines is 1. The second-order valence-corrected chi connectivity index (χ2v) is 9.11. The number of carbonyl (C=O) groups excluding carboxylic acids is 1. The van der Waals surface area contributed by atoms with Gasteiger partial charge in [0.15, 0.2) is 5.13 Å². The number of benzene rings is 1. The van der Waals surface area contributed by atoms with Gasteiger partial charge in [-0.2, -0.15) is 0 Å². The van der Waals surface area contributed by atoms with Crippen molar-refractivity contribution >= 4 is 32.4 Å². The van der Waals surface area contributed by atoms with Crippen LogP contribution in [0.25, 0.3) is 11.3 Å². The van der Waals surface area contributed by atoms with E-state index in [4.69, 9.17) is 0 Å². The largest absolute Gasteiger partial charge is 0.302 e. The number of aromatic nitrogens is 2. The summed E-state index contributed by atoms with van der Waals surface area (Å²) in [6.07, 6.45) is 3.85. The van der Waals surface area contributed by atoms with Crippen LogP contribution >= 0.6 is 11.3 Å². The lowest BCUT2D eigenvalue weighted by molar-refractivity contribution is -0.116. The number of hydrogen-bond donors (Lipinski definition) is 1. The molecule has 1 amide bonds. The minimum Gasteiger partial charge on any atom is -0.302 e. The van der Waals surface area contributed by atoms with Gasteiger partial charge in [0.25, 0.3) is 0 Å².